The number of nitrogens with two attached hydrogens (primary N) is 1. The van der Waals surface area contributed by atoms with Crippen LogP contribution in [0.3, 0.4) is 0 Å². The molecule has 0 spiro atoms. The Morgan fingerprint density at radius 2 is 2.10 bits per heavy atom. The third kappa shape index (κ3) is 2.93. The van der Waals surface area contributed by atoms with E-state index in [4.69, 9.17) is 17.3 Å². The minimum absolute atomic E-state index is 0.118. The monoisotopic (exact) mass is 332 g/mol. The predicted octanol–water partition coefficient (Wildman–Crippen LogP) is 2.16. The zero-order valence-corrected chi connectivity index (χ0v) is 13.2. The van der Waals surface area contributed by atoms with Crippen LogP contribution in [-0.4, -0.2) is 30.0 Å². The van der Waals surface area contributed by atoms with E-state index in [2.05, 4.69) is 10.2 Å². The standard InChI is InChI=1S/C11H13ClN4O2S2/c1-7(8-4-3-5-9(12)6-8)16(2)20(17,18)11-15-14-10(13)19-11/h3-7H,1-2H3,(H2,13,14). The first-order valence-corrected chi connectivity index (χ1v) is 8.28. The highest BCUT2D eigenvalue weighted by Gasteiger charge is 2.29. The average molecular weight is 333 g/mol. The molecular formula is C11H13ClN4O2S2. The highest BCUT2D eigenvalue weighted by atomic mass is 35.5. The van der Waals surface area contributed by atoms with Crippen LogP contribution in [-0.2, 0) is 10.0 Å². The molecule has 0 aliphatic carbocycles. The highest BCUT2D eigenvalue weighted by Crippen LogP contribution is 2.28. The summed E-state index contributed by atoms with van der Waals surface area (Å²) in [5.41, 5.74) is 6.22. The molecule has 0 aliphatic heterocycles. The van der Waals surface area contributed by atoms with Gasteiger partial charge in [-0.25, -0.2) is 8.42 Å². The lowest BCUT2D eigenvalue weighted by molar-refractivity contribution is 0.397. The fourth-order valence-corrected chi connectivity index (χ4v) is 4.13. The van der Waals surface area contributed by atoms with Crippen LogP contribution in [0.1, 0.15) is 18.5 Å². The topological polar surface area (TPSA) is 89.2 Å². The fraction of sp³-hybridized carbons (Fsp3) is 0.273. The third-order valence-corrected chi connectivity index (χ3v) is 6.16. The van der Waals surface area contributed by atoms with Crippen LogP contribution in [0.2, 0.25) is 5.02 Å². The summed E-state index contributed by atoms with van der Waals surface area (Å²) in [6.45, 7) is 1.77. The maximum Gasteiger partial charge on any atom is 0.272 e. The molecule has 1 unspecified atom stereocenters. The first-order valence-electron chi connectivity index (χ1n) is 5.65. The Morgan fingerprint density at radius 3 is 2.65 bits per heavy atom. The van der Waals surface area contributed by atoms with Gasteiger partial charge in [0, 0.05) is 18.1 Å². The van der Waals surface area contributed by atoms with Gasteiger partial charge in [-0.15, -0.1) is 10.2 Å². The van der Waals surface area contributed by atoms with Crippen LogP contribution in [0.5, 0.6) is 0 Å². The first kappa shape index (κ1) is 15.2. The lowest BCUT2D eigenvalue weighted by Crippen LogP contribution is -2.29. The second-order valence-corrected chi connectivity index (χ2v) is 7.78. The molecule has 9 heteroatoms. The number of sulfonamides is 1. The van der Waals surface area contributed by atoms with E-state index >= 15 is 0 Å². The van der Waals surface area contributed by atoms with Crippen molar-refractivity contribution in [3.63, 3.8) is 0 Å². The molecule has 2 rings (SSSR count). The minimum Gasteiger partial charge on any atom is -0.374 e. The summed E-state index contributed by atoms with van der Waals surface area (Å²) in [4.78, 5) is 0. The maximum absolute atomic E-state index is 12.4. The van der Waals surface area contributed by atoms with Crippen molar-refractivity contribution in [3.8, 4) is 0 Å². The molecule has 0 saturated heterocycles. The van der Waals surface area contributed by atoms with Gasteiger partial charge in [-0.05, 0) is 24.6 Å². The van der Waals surface area contributed by atoms with Crippen molar-refractivity contribution in [1.29, 1.82) is 0 Å². The smallest absolute Gasteiger partial charge is 0.272 e. The van der Waals surface area contributed by atoms with E-state index < -0.39 is 10.0 Å². The number of nitrogen functional groups attached to an aromatic ring is 1. The Morgan fingerprint density at radius 1 is 1.40 bits per heavy atom. The molecule has 0 aliphatic rings. The molecule has 1 atom stereocenters. The van der Waals surface area contributed by atoms with Crippen LogP contribution in [0, 0.1) is 0 Å². The molecule has 2 aromatic rings. The van der Waals surface area contributed by atoms with Gasteiger partial charge in [0.05, 0.1) is 0 Å². The molecule has 0 saturated carbocycles. The summed E-state index contributed by atoms with van der Waals surface area (Å²) in [5, 5.41) is 7.79. The summed E-state index contributed by atoms with van der Waals surface area (Å²) < 4.78 is 25.9. The van der Waals surface area contributed by atoms with Crippen molar-refractivity contribution in [2.45, 2.75) is 17.3 Å². The van der Waals surface area contributed by atoms with Crippen LogP contribution in [0.15, 0.2) is 28.6 Å². The Kier molecular flexibility index (Phi) is 4.28. The van der Waals surface area contributed by atoms with Crippen molar-refractivity contribution in [2.75, 3.05) is 12.8 Å². The number of benzene rings is 1. The van der Waals surface area contributed by atoms with Crippen LogP contribution < -0.4 is 5.73 Å². The largest absolute Gasteiger partial charge is 0.374 e. The van der Waals surface area contributed by atoms with E-state index in [1.54, 1.807) is 25.1 Å². The number of hydrogen-bond acceptors (Lipinski definition) is 6. The highest BCUT2D eigenvalue weighted by molar-refractivity contribution is 7.91. The Hall–Kier alpha value is -1.22. The Labute approximate surface area is 126 Å². The van der Waals surface area contributed by atoms with Gasteiger partial charge in [0.15, 0.2) is 0 Å². The van der Waals surface area contributed by atoms with Crippen LogP contribution in [0.4, 0.5) is 5.13 Å². The summed E-state index contributed by atoms with van der Waals surface area (Å²) in [6.07, 6.45) is 0. The lowest BCUT2D eigenvalue weighted by atomic mass is 10.1. The molecule has 1 aromatic heterocycles. The number of nitrogens with zero attached hydrogens (tertiary/aromatic N) is 3. The second kappa shape index (κ2) is 5.65. The first-order chi connectivity index (χ1) is 9.32. The second-order valence-electron chi connectivity index (χ2n) is 4.16. The number of rotatable bonds is 4. The van der Waals surface area contributed by atoms with Crippen LogP contribution in [0.25, 0.3) is 0 Å². The lowest BCUT2D eigenvalue weighted by Gasteiger charge is -2.23. The summed E-state index contributed by atoms with van der Waals surface area (Å²) in [6, 6.07) is 6.67. The Balaban J connectivity index is 2.33. The van der Waals surface area contributed by atoms with Gasteiger partial charge >= 0.3 is 0 Å². The molecule has 108 valence electrons. The zero-order valence-electron chi connectivity index (χ0n) is 10.8. The Bertz CT molecular complexity index is 717. The molecule has 6 nitrogen and oxygen atoms in total. The number of hydrogen-bond donors (Lipinski definition) is 1. The summed E-state index contributed by atoms with van der Waals surface area (Å²) >= 11 is 6.76. The minimum atomic E-state index is -3.72. The molecule has 1 heterocycles. The van der Waals surface area contributed by atoms with Gasteiger partial charge in [-0.1, -0.05) is 35.1 Å². The van der Waals surface area contributed by atoms with E-state index in [-0.39, 0.29) is 15.5 Å². The molecule has 0 fully saturated rings. The number of halogens is 1. The predicted molar refractivity (Wildman–Crippen MR) is 79.1 cm³/mol. The van der Waals surface area contributed by atoms with Gasteiger partial charge in [0.1, 0.15) is 0 Å². The van der Waals surface area contributed by atoms with E-state index in [9.17, 15) is 8.42 Å². The molecule has 2 N–H and O–H groups in total. The summed E-state index contributed by atoms with van der Waals surface area (Å²) in [5.74, 6) is 0. The SMILES string of the molecule is CC(c1cccc(Cl)c1)N(C)S(=O)(=O)c1nnc(N)s1. The van der Waals surface area contributed by atoms with Crippen molar-refractivity contribution in [1.82, 2.24) is 14.5 Å². The van der Waals surface area contributed by atoms with Crippen molar-refractivity contribution < 1.29 is 8.42 Å². The van der Waals surface area contributed by atoms with Gasteiger partial charge in [-0.3, -0.25) is 0 Å². The van der Waals surface area contributed by atoms with Gasteiger partial charge in [-0.2, -0.15) is 4.31 Å². The van der Waals surface area contributed by atoms with Crippen molar-refractivity contribution in [2.24, 2.45) is 0 Å². The molecular weight excluding hydrogens is 320 g/mol. The fourth-order valence-electron chi connectivity index (χ4n) is 1.63. The number of anilines is 1. The van der Waals surface area contributed by atoms with E-state index in [0.29, 0.717) is 5.02 Å². The average Bonchev–Trinajstić information content (AvgIpc) is 2.84. The van der Waals surface area contributed by atoms with E-state index in [1.165, 1.54) is 11.4 Å². The third-order valence-electron chi connectivity index (χ3n) is 2.90. The number of aromatic nitrogens is 2. The molecule has 0 bridgehead atoms. The van der Waals surface area contributed by atoms with Gasteiger partial charge in [0.2, 0.25) is 9.47 Å². The van der Waals surface area contributed by atoms with Crippen molar-refractivity contribution in [3.05, 3.63) is 34.9 Å². The molecule has 0 amide bonds. The van der Waals surface area contributed by atoms with Gasteiger partial charge in [0.25, 0.3) is 10.0 Å². The quantitative estimate of drug-likeness (QED) is 0.926. The maximum atomic E-state index is 12.4. The molecule has 20 heavy (non-hydrogen) atoms. The molecule has 1 aromatic carbocycles. The van der Waals surface area contributed by atoms with Crippen molar-refractivity contribution >= 4 is 38.1 Å². The summed E-state index contributed by atoms with van der Waals surface area (Å²) in [7, 11) is -2.24. The van der Waals surface area contributed by atoms with E-state index in [0.717, 1.165) is 16.9 Å². The zero-order chi connectivity index (χ0) is 14.9. The molecule has 0 radical (unpaired) electrons. The van der Waals surface area contributed by atoms with Gasteiger partial charge < -0.3 is 5.73 Å². The normalized spacial score (nSPS) is 13.6. The van der Waals surface area contributed by atoms with E-state index in [1.807, 2.05) is 6.07 Å². The van der Waals surface area contributed by atoms with Crippen LogP contribution >= 0.6 is 22.9 Å².